The van der Waals surface area contributed by atoms with E-state index in [-0.39, 0.29) is 24.4 Å². The molecular formula is C17H15BrN4O3. The van der Waals surface area contributed by atoms with Crippen molar-refractivity contribution in [1.82, 2.24) is 15.2 Å². The predicted molar refractivity (Wildman–Crippen MR) is 95.4 cm³/mol. The van der Waals surface area contributed by atoms with Crippen molar-refractivity contribution in [3.8, 4) is 0 Å². The van der Waals surface area contributed by atoms with Gasteiger partial charge in [0.2, 0.25) is 0 Å². The van der Waals surface area contributed by atoms with E-state index in [0.29, 0.717) is 29.8 Å². The average molecular weight is 403 g/mol. The highest BCUT2D eigenvalue weighted by molar-refractivity contribution is 9.10. The number of nitrogens with zero attached hydrogens (tertiary/aromatic N) is 2. The smallest absolute Gasteiger partial charge is 0.319 e. The number of imide groups is 1. The summed E-state index contributed by atoms with van der Waals surface area (Å²) in [6, 6.07) is 8.10. The molecule has 0 atom stereocenters. The molecule has 128 valence electrons. The predicted octanol–water partition coefficient (Wildman–Crippen LogP) is 2.65. The summed E-state index contributed by atoms with van der Waals surface area (Å²) < 4.78 is 0.753. The number of amides is 4. The molecule has 4 amide bonds. The van der Waals surface area contributed by atoms with Crippen LogP contribution in [0.1, 0.15) is 27.1 Å². The number of carbonyl (C=O) groups is 3. The Labute approximate surface area is 152 Å². The van der Waals surface area contributed by atoms with E-state index in [1.54, 1.807) is 36.5 Å². The second kappa shape index (κ2) is 7.43. The fourth-order valence-electron chi connectivity index (χ4n) is 2.52. The Morgan fingerprint density at radius 1 is 1.16 bits per heavy atom. The SMILES string of the molecule is O=C(NCCCN1C(=O)c2ccc(Br)cc2C1=O)Nc1cccnc1. The van der Waals surface area contributed by atoms with Crippen molar-refractivity contribution in [2.45, 2.75) is 6.42 Å². The molecule has 0 fully saturated rings. The first-order valence-electron chi connectivity index (χ1n) is 7.67. The maximum Gasteiger partial charge on any atom is 0.319 e. The lowest BCUT2D eigenvalue weighted by molar-refractivity contribution is 0.0653. The van der Waals surface area contributed by atoms with Gasteiger partial charge in [-0.2, -0.15) is 0 Å². The van der Waals surface area contributed by atoms with Crippen molar-refractivity contribution in [3.05, 3.63) is 58.3 Å². The number of carbonyl (C=O) groups excluding carboxylic acids is 3. The lowest BCUT2D eigenvalue weighted by atomic mass is 10.1. The molecule has 2 heterocycles. The molecule has 0 spiro atoms. The van der Waals surface area contributed by atoms with Gasteiger partial charge in [0.25, 0.3) is 11.8 Å². The summed E-state index contributed by atoms with van der Waals surface area (Å²) in [5.74, 6) is -0.603. The summed E-state index contributed by atoms with van der Waals surface area (Å²) >= 11 is 3.30. The van der Waals surface area contributed by atoms with Crippen LogP contribution in [0.2, 0.25) is 0 Å². The van der Waals surface area contributed by atoms with Crippen molar-refractivity contribution in [1.29, 1.82) is 0 Å². The van der Waals surface area contributed by atoms with Crippen LogP contribution in [-0.2, 0) is 0 Å². The quantitative estimate of drug-likeness (QED) is 0.593. The van der Waals surface area contributed by atoms with Crippen molar-refractivity contribution < 1.29 is 14.4 Å². The first-order chi connectivity index (χ1) is 12.1. The zero-order chi connectivity index (χ0) is 17.8. The van der Waals surface area contributed by atoms with Gasteiger partial charge in [-0.05, 0) is 36.8 Å². The van der Waals surface area contributed by atoms with E-state index in [1.807, 2.05) is 0 Å². The van der Waals surface area contributed by atoms with Crippen LogP contribution >= 0.6 is 15.9 Å². The molecule has 0 radical (unpaired) electrons. The van der Waals surface area contributed by atoms with Gasteiger partial charge in [0, 0.05) is 23.8 Å². The number of aromatic nitrogens is 1. The fourth-order valence-corrected chi connectivity index (χ4v) is 2.88. The van der Waals surface area contributed by atoms with Gasteiger partial charge in [0.05, 0.1) is 23.0 Å². The number of benzene rings is 1. The maximum atomic E-state index is 12.3. The molecule has 8 heteroatoms. The molecule has 0 bridgehead atoms. The number of fused-ring (bicyclic) bond motifs is 1. The van der Waals surface area contributed by atoms with Gasteiger partial charge in [-0.25, -0.2) is 4.79 Å². The van der Waals surface area contributed by atoms with Gasteiger partial charge in [-0.3, -0.25) is 19.5 Å². The second-order valence-corrected chi connectivity index (χ2v) is 6.34. The number of nitrogens with one attached hydrogen (secondary N) is 2. The van der Waals surface area contributed by atoms with Gasteiger partial charge in [-0.1, -0.05) is 15.9 Å². The van der Waals surface area contributed by atoms with E-state index in [9.17, 15) is 14.4 Å². The zero-order valence-corrected chi connectivity index (χ0v) is 14.7. The number of rotatable bonds is 5. The van der Waals surface area contributed by atoms with Gasteiger partial charge in [-0.15, -0.1) is 0 Å². The summed E-state index contributed by atoms with van der Waals surface area (Å²) in [4.78, 5) is 41.4. The van der Waals surface area contributed by atoms with Gasteiger partial charge >= 0.3 is 6.03 Å². The fraction of sp³-hybridized carbons (Fsp3) is 0.176. The van der Waals surface area contributed by atoms with Crippen LogP contribution in [0.4, 0.5) is 10.5 Å². The number of halogens is 1. The monoisotopic (exact) mass is 402 g/mol. The second-order valence-electron chi connectivity index (χ2n) is 5.43. The topological polar surface area (TPSA) is 91.4 Å². The van der Waals surface area contributed by atoms with Crippen LogP contribution in [0, 0.1) is 0 Å². The molecule has 1 aliphatic rings. The molecule has 2 aromatic rings. The number of anilines is 1. The highest BCUT2D eigenvalue weighted by Gasteiger charge is 2.34. The van der Waals surface area contributed by atoms with Crippen LogP contribution in [0.25, 0.3) is 0 Å². The Morgan fingerprint density at radius 3 is 2.72 bits per heavy atom. The molecular weight excluding hydrogens is 388 g/mol. The maximum absolute atomic E-state index is 12.3. The van der Waals surface area contributed by atoms with Crippen molar-refractivity contribution in [3.63, 3.8) is 0 Å². The highest BCUT2D eigenvalue weighted by atomic mass is 79.9. The Bertz CT molecular complexity index is 826. The Morgan fingerprint density at radius 2 is 1.96 bits per heavy atom. The zero-order valence-electron chi connectivity index (χ0n) is 13.2. The molecule has 1 aromatic heterocycles. The van der Waals surface area contributed by atoms with E-state index < -0.39 is 0 Å². The normalized spacial score (nSPS) is 12.9. The van der Waals surface area contributed by atoms with E-state index in [2.05, 4.69) is 31.5 Å². The Balaban J connectivity index is 1.48. The van der Waals surface area contributed by atoms with Crippen LogP contribution in [0.15, 0.2) is 47.2 Å². The summed E-state index contributed by atoms with van der Waals surface area (Å²) in [5, 5.41) is 5.32. The summed E-state index contributed by atoms with van der Waals surface area (Å²) in [6.07, 6.45) is 3.62. The molecule has 0 saturated heterocycles. The largest absolute Gasteiger partial charge is 0.338 e. The van der Waals surface area contributed by atoms with Gasteiger partial charge < -0.3 is 10.6 Å². The molecule has 3 rings (SSSR count). The summed E-state index contributed by atoms with van der Waals surface area (Å²) in [5.41, 5.74) is 1.41. The molecule has 1 aromatic carbocycles. The first kappa shape index (κ1) is 17.1. The van der Waals surface area contributed by atoms with E-state index in [1.165, 1.54) is 11.1 Å². The minimum Gasteiger partial charge on any atom is -0.338 e. The third-order valence-electron chi connectivity index (χ3n) is 3.70. The van der Waals surface area contributed by atoms with Gasteiger partial charge in [0.15, 0.2) is 0 Å². The standard InChI is InChI=1S/C17H15BrN4O3/c18-11-4-5-13-14(9-11)16(24)22(15(13)23)8-2-7-20-17(25)21-12-3-1-6-19-10-12/h1,3-6,9-10H,2,7-8H2,(H2,20,21,25). The minimum atomic E-state index is -0.362. The molecule has 0 aliphatic carbocycles. The number of urea groups is 1. The van der Waals surface area contributed by atoms with Crippen molar-refractivity contribution >= 4 is 39.5 Å². The summed E-state index contributed by atoms with van der Waals surface area (Å²) in [7, 11) is 0. The highest BCUT2D eigenvalue weighted by Crippen LogP contribution is 2.25. The van der Waals surface area contributed by atoms with Crippen LogP contribution in [-0.4, -0.2) is 40.8 Å². The van der Waals surface area contributed by atoms with Crippen molar-refractivity contribution in [2.75, 3.05) is 18.4 Å². The third kappa shape index (κ3) is 3.85. The van der Waals surface area contributed by atoms with Gasteiger partial charge in [0.1, 0.15) is 0 Å². The average Bonchev–Trinajstić information content (AvgIpc) is 2.83. The lowest BCUT2D eigenvalue weighted by Crippen LogP contribution is -2.35. The molecule has 1 aliphatic heterocycles. The van der Waals surface area contributed by atoms with Crippen LogP contribution in [0.3, 0.4) is 0 Å². The number of hydrogen-bond acceptors (Lipinski definition) is 4. The number of pyridine rings is 1. The molecule has 0 saturated carbocycles. The molecule has 2 N–H and O–H groups in total. The van der Waals surface area contributed by atoms with E-state index in [0.717, 1.165) is 4.47 Å². The molecule has 0 unspecified atom stereocenters. The van der Waals surface area contributed by atoms with Crippen LogP contribution < -0.4 is 10.6 Å². The number of hydrogen-bond donors (Lipinski definition) is 2. The van der Waals surface area contributed by atoms with E-state index in [4.69, 9.17) is 0 Å². The molecule has 25 heavy (non-hydrogen) atoms. The molecule has 7 nitrogen and oxygen atoms in total. The van der Waals surface area contributed by atoms with E-state index >= 15 is 0 Å². The Kier molecular flexibility index (Phi) is 5.08. The Hall–Kier alpha value is -2.74. The minimum absolute atomic E-state index is 0.247. The lowest BCUT2D eigenvalue weighted by Gasteiger charge is -2.14. The van der Waals surface area contributed by atoms with Crippen molar-refractivity contribution in [2.24, 2.45) is 0 Å². The summed E-state index contributed by atoms with van der Waals surface area (Å²) in [6.45, 7) is 0.584. The first-order valence-corrected chi connectivity index (χ1v) is 8.46. The third-order valence-corrected chi connectivity index (χ3v) is 4.19. The van der Waals surface area contributed by atoms with Crippen LogP contribution in [0.5, 0.6) is 0 Å².